The third kappa shape index (κ3) is 2.59. The maximum absolute atomic E-state index is 12.0. The van der Waals surface area contributed by atoms with Crippen molar-refractivity contribution in [2.45, 2.75) is 17.2 Å². The summed E-state index contributed by atoms with van der Waals surface area (Å²) in [6.07, 6.45) is 3.19. The van der Waals surface area contributed by atoms with Gasteiger partial charge in [0, 0.05) is 17.8 Å². The molecule has 0 radical (unpaired) electrons. The first-order chi connectivity index (χ1) is 8.53. The van der Waals surface area contributed by atoms with Gasteiger partial charge in [0.2, 0.25) is 0 Å². The van der Waals surface area contributed by atoms with Crippen LogP contribution >= 0.6 is 11.3 Å². The lowest BCUT2D eigenvalue weighted by Gasteiger charge is -2.10. The Bertz CT molecular complexity index is 667. The van der Waals surface area contributed by atoms with E-state index in [4.69, 9.17) is 5.26 Å². The van der Waals surface area contributed by atoms with Crippen molar-refractivity contribution in [1.29, 1.82) is 5.26 Å². The Labute approximate surface area is 108 Å². The van der Waals surface area contributed by atoms with Crippen LogP contribution in [0.1, 0.15) is 23.4 Å². The van der Waals surface area contributed by atoms with E-state index < -0.39 is 10.0 Å². The summed E-state index contributed by atoms with van der Waals surface area (Å²) in [6.45, 7) is 1.72. The minimum atomic E-state index is -3.60. The fourth-order valence-electron chi connectivity index (χ4n) is 1.38. The molecule has 6 nitrogen and oxygen atoms in total. The molecule has 2 aromatic heterocycles. The summed E-state index contributed by atoms with van der Waals surface area (Å²) in [7, 11) is -3.60. The monoisotopic (exact) mass is 282 g/mol. The minimum absolute atomic E-state index is 0.134. The highest BCUT2D eigenvalue weighted by molar-refractivity contribution is 7.91. The molecule has 8 heteroatoms. The second-order valence-corrected chi connectivity index (χ2v) is 6.63. The van der Waals surface area contributed by atoms with Gasteiger partial charge in [-0.3, -0.25) is 5.10 Å². The topological polar surface area (TPSA) is 98.6 Å². The van der Waals surface area contributed by atoms with Gasteiger partial charge in [-0.2, -0.15) is 10.4 Å². The lowest BCUT2D eigenvalue weighted by Crippen LogP contribution is -2.25. The molecule has 0 aliphatic carbocycles. The SMILES string of the molecule is CC(NS(=O)(=O)c1ccc(C#N)s1)c1cn[nH]c1. The van der Waals surface area contributed by atoms with Gasteiger partial charge in [-0.1, -0.05) is 0 Å². The molecular weight excluding hydrogens is 272 g/mol. The molecule has 0 amide bonds. The fourth-order valence-corrected chi connectivity index (χ4v) is 3.73. The molecule has 0 saturated carbocycles. The summed E-state index contributed by atoms with van der Waals surface area (Å²) in [4.78, 5) is 0.367. The number of hydrogen-bond donors (Lipinski definition) is 2. The van der Waals surface area contributed by atoms with Crippen LogP contribution < -0.4 is 4.72 Å². The van der Waals surface area contributed by atoms with Gasteiger partial charge in [0.1, 0.15) is 15.2 Å². The van der Waals surface area contributed by atoms with Crippen LogP contribution in [-0.2, 0) is 10.0 Å². The van der Waals surface area contributed by atoms with Gasteiger partial charge in [0.15, 0.2) is 0 Å². The predicted octanol–water partition coefficient (Wildman–Crippen LogP) is 1.38. The van der Waals surface area contributed by atoms with Gasteiger partial charge >= 0.3 is 0 Å². The van der Waals surface area contributed by atoms with Crippen LogP contribution in [0.2, 0.25) is 0 Å². The van der Waals surface area contributed by atoms with Crippen molar-refractivity contribution in [3.8, 4) is 6.07 Å². The molecular formula is C10H10N4O2S2. The van der Waals surface area contributed by atoms with Crippen LogP contribution in [0.25, 0.3) is 0 Å². The van der Waals surface area contributed by atoms with Crippen molar-refractivity contribution in [1.82, 2.24) is 14.9 Å². The van der Waals surface area contributed by atoms with Crippen LogP contribution in [0.15, 0.2) is 28.7 Å². The molecule has 0 saturated heterocycles. The molecule has 18 heavy (non-hydrogen) atoms. The molecule has 2 heterocycles. The Morgan fingerprint density at radius 1 is 1.56 bits per heavy atom. The number of rotatable bonds is 4. The van der Waals surface area contributed by atoms with E-state index in [2.05, 4.69) is 14.9 Å². The zero-order valence-corrected chi connectivity index (χ0v) is 11.0. The van der Waals surface area contributed by atoms with Crippen LogP contribution in [-0.4, -0.2) is 18.6 Å². The molecule has 0 aliphatic rings. The number of nitrogens with zero attached hydrogens (tertiary/aromatic N) is 2. The average Bonchev–Trinajstić information content (AvgIpc) is 3.00. The van der Waals surface area contributed by atoms with Gasteiger partial charge in [0.25, 0.3) is 10.0 Å². The maximum Gasteiger partial charge on any atom is 0.250 e. The first-order valence-corrected chi connectivity index (χ1v) is 7.34. The van der Waals surface area contributed by atoms with Crippen molar-refractivity contribution in [3.05, 3.63) is 35.0 Å². The summed E-state index contributed by atoms with van der Waals surface area (Å²) >= 11 is 0.944. The number of thiophene rings is 1. The van der Waals surface area contributed by atoms with Crippen LogP contribution in [0.3, 0.4) is 0 Å². The standard InChI is InChI=1S/C10H10N4O2S2/c1-7(8-5-12-13-6-8)14-18(15,16)10-3-2-9(4-11)17-10/h2-3,5-7,14H,1H3,(H,12,13). The third-order valence-corrected chi connectivity index (χ3v) is 5.33. The van der Waals surface area contributed by atoms with E-state index >= 15 is 0 Å². The number of H-pyrrole nitrogens is 1. The summed E-state index contributed by atoms with van der Waals surface area (Å²) < 4.78 is 26.7. The van der Waals surface area contributed by atoms with Crippen LogP contribution in [0.5, 0.6) is 0 Å². The lowest BCUT2D eigenvalue weighted by molar-refractivity contribution is 0.569. The van der Waals surface area contributed by atoms with Crippen molar-refractivity contribution in [2.75, 3.05) is 0 Å². The maximum atomic E-state index is 12.0. The highest BCUT2D eigenvalue weighted by Crippen LogP contribution is 2.22. The molecule has 1 unspecified atom stereocenters. The van der Waals surface area contributed by atoms with Crippen molar-refractivity contribution in [3.63, 3.8) is 0 Å². The molecule has 2 rings (SSSR count). The van der Waals surface area contributed by atoms with Crippen molar-refractivity contribution < 1.29 is 8.42 Å². The van der Waals surface area contributed by atoms with E-state index in [0.717, 1.165) is 16.9 Å². The summed E-state index contributed by atoms with van der Waals surface area (Å²) in [5.41, 5.74) is 0.746. The zero-order valence-electron chi connectivity index (χ0n) is 9.41. The Hall–Kier alpha value is -1.69. The second kappa shape index (κ2) is 4.89. The fraction of sp³-hybridized carbons (Fsp3) is 0.200. The Kier molecular flexibility index (Phi) is 3.47. The number of hydrogen-bond acceptors (Lipinski definition) is 5. The van der Waals surface area contributed by atoms with Gasteiger partial charge < -0.3 is 0 Å². The number of nitriles is 1. The van der Waals surface area contributed by atoms with E-state index in [0.29, 0.717) is 4.88 Å². The van der Waals surface area contributed by atoms with Crippen molar-refractivity contribution >= 4 is 21.4 Å². The number of sulfonamides is 1. The predicted molar refractivity (Wildman–Crippen MR) is 66.4 cm³/mol. The van der Waals surface area contributed by atoms with E-state index in [1.54, 1.807) is 19.3 Å². The number of aromatic nitrogens is 2. The normalized spacial score (nSPS) is 13.1. The highest BCUT2D eigenvalue weighted by Gasteiger charge is 2.20. The summed E-state index contributed by atoms with van der Waals surface area (Å²) in [5, 5.41) is 15.1. The number of aromatic amines is 1. The molecule has 94 valence electrons. The molecule has 0 fully saturated rings. The molecule has 0 aliphatic heterocycles. The Morgan fingerprint density at radius 3 is 2.89 bits per heavy atom. The van der Waals surface area contributed by atoms with E-state index in [9.17, 15) is 8.42 Å². The average molecular weight is 282 g/mol. The van der Waals surface area contributed by atoms with E-state index in [-0.39, 0.29) is 10.3 Å². The zero-order chi connectivity index (χ0) is 13.2. The van der Waals surface area contributed by atoms with Crippen molar-refractivity contribution in [2.24, 2.45) is 0 Å². The second-order valence-electron chi connectivity index (χ2n) is 3.61. The molecule has 2 N–H and O–H groups in total. The molecule has 1 atom stereocenters. The van der Waals surface area contributed by atoms with Crippen LogP contribution in [0.4, 0.5) is 0 Å². The quantitative estimate of drug-likeness (QED) is 0.885. The Morgan fingerprint density at radius 2 is 2.33 bits per heavy atom. The third-order valence-electron chi connectivity index (χ3n) is 2.31. The minimum Gasteiger partial charge on any atom is -0.285 e. The van der Waals surface area contributed by atoms with Gasteiger partial charge in [-0.15, -0.1) is 11.3 Å². The lowest BCUT2D eigenvalue weighted by atomic mass is 10.2. The summed E-state index contributed by atoms with van der Waals surface area (Å²) in [6, 6.07) is 4.44. The highest BCUT2D eigenvalue weighted by atomic mass is 32.2. The van der Waals surface area contributed by atoms with Gasteiger partial charge in [-0.25, -0.2) is 13.1 Å². The first-order valence-electron chi connectivity index (χ1n) is 5.04. The van der Waals surface area contributed by atoms with E-state index in [1.807, 2.05) is 6.07 Å². The largest absolute Gasteiger partial charge is 0.285 e. The number of nitrogens with one attached hydrogen (secondary N) is 2. The first kappa shape index (κ1) is 12.8. The van der Waals surface area contributed by atoms with Gasteiger partial charge in [0.05, 0.1) is 6.20 Å². The van der Waals surface area contributed by atoms with Crippen LogP contribution in [0, 0.1) is 11.3 Å². The Balaban J connectivity index is 2.20. The summed E-state index contributed by atoms with van der Waals surface area (Å²) in [5.74, 6) is 0. The molecule has 0 bridgehead atoms. The molecule has 2 aromatic rings. The molecule has 0 spiro atoms. The smallest absolute Gasteiger partial charge is 0.250 e. The molecule has 0 aromatic carbocycles. The van der Waals surface area contributed by atoms with Gasteiger partial charge in [-0.05, 0) is 19.1 Å². The van der Waals surface area contributed by atoms with E-state index in [1.165, 1.54) is 12.1 Å².